The first-order valence-corrected chi connectivity index (χ1v) is 6.08. The van der Waals surface area contributed by atoms with Crippen LogP contribution >= 0.6 is 0 Å². The Labute approximate surface area is 115 Å². The van der Waals surface area contributed by atoms with Crippen LogP contribution < -0.4 is 11.1 Å². The van der Waals surface area contributed by atoms with Crippen molar-refractivity contribution in [2.75, 3.05) is 11.1 Å². The summed E-state index contributed by atoms with van der Waals surface area (Å²) in [7, 11) is 1.72. The lowest BCUT2D eigenvalue weighted by atomic mass is 10.1. The van der Waals surface area contributed by atoms with E-state index >= 15 is 0 Å². The molecule has 0 saturated carbocycles. The molecule has 0 unspecified atom stereocenters. The van der Waals surface area contributed by atoms with Gasteiger partial charge in [0, 0.05) is 31.0 Å². The standard InChI is InChI=1S/C14H13N5O/c1-19-8-11(15)13(18-19)14(20)17-12-4-2-3-9-5-6-16-7-10(9)12/h2-8H,15H2,1H3,(H,17,20). The molecule has 3 aromatic rings. The van der Waals surface area contributed by atoms with E-state index in [1.165, 1.54) is 4.68 Å². The molecule has 0 aliphatic carbocycles. The van der Waals surface area contributed by atoms with Crippen molar-refractivity contribution in [2.45, 2.75) is 0 Å². The van der Waals surface area contributed by atoms with Crippen LogP contribution in [0.5, 0.6) is 0 Å². The number of anilines is 2. The number of amides is 1. The number of fused-ring (bicyclic) bond motifs is 1. The number of aryl methyl sites for hydroxylation is 1. The number of carbonyl (C=O) groups is 1. The summed E-state index contributed by atoms with van der Waals surface area (Å²) in [6.07, 6.45) is 5.02. The molecule has 100 valence electrons. The molecule has 0 saturated heterocycles. The second-order valence-corrected chi connectivity index (χ2v) is 4.46. The number of hydrogen-bond donors (Lipinski definition) is 2. The summed E-state index contributed by atoms with van der Waals surface area (Å²) in [6.45, 7) is 0. The predicted molar refractivity (Wildman–Crippen MR) is 77.3 cm³/mol. The highest BCUT2D eigenvalue weighted by Crippen LogP contribution is 2.23. The van der Waals surface area contributed by atoms with Crippen LogP contribution in [0, 0.1) is 0 Å². The average molecular weight is 267 g/mol. The number of aromatic nitrogens is 3. The van der Waals surface area contributed by atoms with E-state index in [0.29, 0.717) is 11.4 Å². The number of carbonyl (C=O) groups excluding carboxylic acids is 1. The Kier molecular flexibility index (Phi) is 2.83. The summed E-state index contributed by atoms with van der Waals surface area (Å²) in [5, 5.41) is 8.75. The van der Waals surface area contributed by atoms with Crippen molar-refractivity contribution in [2.24, 2.45) is 7.05 Å². The Morgan fingerprint density at radius 2 is 2.20 bits per heavy atom. The van der Waals surface area contributed by atoms with Crippen LogP contribution in [0.2, 0.25) is 0 Å². The maximum atomic E-state index is 12.2. The number of nitrogens with one attached hydrogen (secondary N) is 1. The highest BCUT2D eigenvalue weighted by atomic mass is 16.2. The van der Waals surface area contributed by atoms with Gasteiger partial charge in [-0.15, -0.1) is 0 Å². The fraction of sp³-hybridized carbons (Fsp3) is 0.0714. The first-order valence-electron chi connectivity index (χ1n) is 6.08. The van der Waals surface area contributed by atoms with Gasteiger partial charge in [-0.2, -0.15) is 5.10 Å². The first kappa shape index (κ1) is 12.2. The molecule has 20 heavy (non-hydrogen) atoms. The largest absolute Gasteiger partial charge is 0.396 e. The highest BCUT2D eigenvalue weighted by Gasteiger charge is 2.15. The first-order chi connectivity index (χ1) is 9.65. The third-order valence-corrected chi connectivity index (χ3v) is 3.00. The number of hydrogen-bond acceptors (Lipinski definition) is 4. The minimum atomic E-state index is -0.334. The van der Waals surface area contributed by atoms with E-state index < -0.39 is 0 Å². The number of benzene rings is 1. The van der Waals surface area contributed by atoms with Gasteiger partial charge in [-0.25, -0.2) is 0 Å². The summed E-state index contributed by atoms with van der Waals surface area (Å²) in [5.41, 5.74) is 7.00. The monoisotopic (exact) mass is 267 g/mol. The van der Waals surface area contributed by atoms with Gasteiger partial charge in [-0.05, 0) is 17.5 Å². The molecule has 0 aliphatic rings. The topological polar surface area (TPSA) is 85.8 Å². The molecular weight excluding hydrogens is 254 g/mol. The fourth-order valence-electron chi connectivity index (χ4n) is 2.09. The molecule has 1 amide bonds. The van der Waals surface area contributed by atoms with E-state index in [9.17, 15) is 4.79 Å². The molecule has 6 nitrogen and oxygen atoms in total. The Morgan fingerprint density at radius 3 is 2.95 bits per heavy atom. The molecule has 2 heterocycles. The van der Waals surface area contributed by atoms with Gasteiger partial charge in [0.1, 0.15) is 0 Å². The molecular formula is C14H13N5O. The zero-order valence-corrected chi connectivity index (χ0v) is 10.9. The molecule has 0 fully saturated rings. The van der Waals surface area contributed by atoms with Crippen LogP contribution in [0.3, 0.4) is 0 Å². The van der Waals surface area contributed by atoms with Crippen molar-refractivity contribution < 1.29 is 4.79 Å². The lowest BCUT2D eigenvalue weighted by Crippen LogP contribution is -2.14. The molecule has 6 heteroatoms. The average Bonchev–Trinajstić information content (AvgIpc) is 2.78. The van der Waals surface area contributed by atoms with Crippen molar-refractivity contribution in [3.8, 4) is 0 Å². The van der Waals surface area contributed by atoms with Crippen LogP contribution in [0.1, 0.15) is 10.5 Å². The van der Waals surface area contributed by atoms with E-state index in [4.69, 9.17) is 5.73 Å². The van der Waals surface area contributed by atoms with Gasteiger partial charge in [0.05, 0.1) is 11.4 Å². The van der Waals surface area contributed by atoms with E-state index in [-0.39, 0.29) is 11.6 Å². The number of nitrogens with zero attached hydrogens (tertiary/aromatic N) is 3. The highest BCUT2D eigenvalue weighted by molar-refractivity contribution is 6.10. The predicted octanol–water partition coefficient (Wildman–Crippen LogP) is 1.80. The van der Waals surface area contributed by atoms with E-state index in [0.717, 1.165) is 10.8 Å². The summed E-state index contributed by atoms with van der Waals surface area (Å²) in [6, 6.07) is 7.54. The van der Waals surface area contributed by atoms with Crippen LogP contribution in [0.25, 0.3) is 10.8 Å². The quantitative estimate of drug-likeness (QED) is 0.741. The molecule has 0 aliphatic heterocycles. The lowest BCUT2D eigenvalue weighted by Gasteiger charge is -2.07. The van der Waals surface area contributed by atoms with Crippen LogP contribution in [0.15, 0.2) is 42.9 Å². The summed E-state index contributed by atoms with van der Waals surface area (Å²) < 4.78 is 1.51. The SMILES string of the molecule is Cn1cc(N)c(C(=O)Nc2cccc3ccncc23)n1. The Hall–Kier alpha value is -2.89. The van der Waals surface area contributed by atoms with Crippen LogP contribution in [-0.4, -0.2) is 20.7 Å². The van der Waals surface area contributed by atoms with Gasteiger partial charge in [-0.1, -0.05) is 12.1 Å². The maximum absolute atomic E-state index is 12.2. The molecule has 3 rings (SSSR count). The van der Waals surface area contributed by atoms with E-state index in [1.807, 2.05) is 24.3 Å². The third kappa shape index (κ3) is 2.07. The zero-order valence-electron chi connectivity index (χ0n) is 10.9. The van der Waals surface area contributed by atoms with Gasteiger partial charge < -0.3 is 11.1 Å². The Morgan fingerprint density at radius 1 is 1.35 bits per heavy atom. The minimum absolute atomic E-state index is 0.216. The normalized spacial score (nSPS) is 10.7. The minimum Gasteiger partial charge on any atom is -0.396 e. The summed E-state index contributed by atoms with van der Waals surface area (Å²) in [5.74, 6) is -0.334. The van der Waals surface area contributed by atoms with Crippen molar-refractivity contribution in [1.29, 1.82) is 0 Å². The lowest BCUT2D eigenvalue weighted by molar-refractivity contribution is 0.102. The molecule has 2 aromatic heterocycles. The van der Waals surface area contributed by atoms with Gasteiger partial charge in [0.25, 0.3) is 5.91 Å². The third-order valence-electron chi connectivity index (χ3n) is 3.00. The number of pyridine rings is 1. The fourth-order valence-corrected chi connectivity index (χ4v) is 2.09. The second kappa shape index (κ2) is 4.65. The maximum Gasteiger partial charge on any atom is 0.278 e. The van der Waals surface area contributed by atoms with Gasteiger partial charge in [0.2, 0.25) is 0 Å². The van der Waals surface area contributed by atoms with Crippen molar-refractivity contribution >= 4 is 28.1 Å². The number of nitrogens with two attached hydrogens (primary N) is 1. The molecule has 0 bridgehead atoms. The van der Waals surface area contributed by atoms with E-state index in [2.05, 4.69) is 15.4 Å². The second-order valence-electron chi connectivity index (χ2n) is 4.46. The summed E-state index contributed by atoms with van der Waals surface area (Å²) in [4.78, 5) is 16.3. The van der Waals surface area contributed by atoms with Gasteiger partial charge in [0.15, 0.2) is 5.69 Å². The van der Waals surface area contributed by atoms with Crippen LogP contribution in [0.4, 0.5) is 11.4 Å². The van der Waals surface area contributed by atoms with Gasteiger partial charge >= 0.3 is 0 Å². The number of rotatable bonds is 2. The number of nitrogen functional groups attached to an aromatic ring is 1. The van der Waals surface area contributed by atoms with Crippen molar-refractivity contribution in [3.63, 3.8) is 0 Å². The zero-order chi connectivity index (χ0) is 14.1. The van der Waals surface area contributed by atoms with Gasteiger partial charge in [-0.3, -0.25) is 14.5 Å². The van der Waals surface area contributed by atoms with Crippen molar-refractivity contribution in [1.82, 2.24) is 14.8 Å². The Bertz CT molecular complexity index is 788. The molecule has 0 radical (unpaired) electrons. The summed E-state index contributed by atoms with van der Waals surface area (Å²) >= 11 is 0. The smallest absolute Gasteiger partial charge is 0.278 e. The molecule has 3 N–H and O–H groups in total. The van der Waals surface area contributed by atoms with Crippen molar-refractivity contribution in [3.05, 3.63) is 48.5 Å². The molecule has 1 aromatic carbocycles. The Balaban J connectivity index is 1.97. The molecule has 0 atom stereocenters. The molecule has 0 spiro atoms. The van der Waals surface area contributed by atoms with E-state index in [1.54, 1.807) is 25.6 Å². The van der Waals surface area contributed by atoms with Crippen LogP contribution in [-0.2, 0) is 7.05 Å².